The lowest BCUT2D eigenvalue weighted by Crippen LogP contribution is -2.59. The third-order valence-electron chi connectivity index (χ3n) is 5.41. The van der Waals surface area contributed by atoms with Gasteiger partial charge in [-0.2, -0.15) is 18.0 Å². The summed E-state index contributed by atoms with van der Waals surface area (Å²) in [6, 6.07) is 8.89. The standard InChI is InChI=1S/C18H24N4O4S/c1-13(2)16-17(23)22(12-15-5-3-4-14(10-15)11-19)18(20-16)6-8-21(9-7-18)27(24,25)26/h3-5,10,13,16,20H,6-9,12H2,1-2H3,(H,24,25,26). The summed E-state index contributed by atoms with van der Waals surface area (Å²) in [6.07, 6.45) is 0.777. The van der Waals surface area contributed by atoms with Crippen molar-refractivity contribution in [1.82, 2.24) is 14.5 Å². The van der Waals surface area contributed by atoms with Gasteiger partial charge in [0.1, 0.15) is 0 Å². The summed E-state index contributed by atoms with van der Waals surface area (Å²) in [5, 5.41) is 12.5. The largest absolute Gasteiger partial charge is 0.335 e. The first-order chi connectivity index (χ1) is 12.7. The molecule has 0 aliphatic carbocycles. The van der Waals surface area contributed by atoms with Gasteiger partial charge in [-0.3, -0.25) is 14.7 Å². The number of nitriles is 1. The summed E-state index contributed by atoms with van der Waals surface area (Å²) in [4.78, 5) is 14.8. The molecule has 2 N–H and O–H groups in total. The maximum Gasteiger partial charge on any atom is 0.335 e. The van der Waals surface area contributed by atoms with E-state index in [-0.39, 0.29) is 31.0 Å². The molecule has 2 aliphatic rings. The van der Waals surface area contributed by atoms with Gasteiger partial charge in [-0.1, -0.05) is 26.0 Å². The summed E-state index contributed by atoms with van der Waals surface area (Å²) < 4.78 is 33.2. The fraction of sp³-hybridized carbons (Fsp3) is 0.556. The lowest BCUT2D eigenvalue weighted by atomic mass is 9.96. The first-order valence-corrected chi connectivity index (χ1v) is 10.4. The predicted octanol–water partition coefficient (Wildman–Crippen LogP) is 1.11. The second-order valence-electron chi connectivity index (χ2n) is 7.51. The number of piperidine rings is 1. The van der Waals surface area contributed by atoms with Gasteiger partial charge in [-0.05, 0) is 36.5 Å². The van der Waals surface area contributed by atoms with Gasteiger partial charge in [0, 0.05) is 19.6 Å². The molecule has 3 rings (SSSR count). The van der Waals surface area contributed by atoms with Crippen molar-refractivity contribution in [1.29, 1.82) is 5.26 Å². The van der Waals surface area contributed by atoms with E-state index in [0.717, 1.165) is 9.87 Å². The smallest absolute Gasteiger partial charge is 0.319 e. The van der Waals surface area contributed by atoms with Gasteiger partial charge in [0.05, 0.1) is 23.3 Å². The molecule has 8 nitrogen and oxygen atoms in total. The van der Waals surface area contributed by atoms with Crippen LogP contribution in [0.2, 0.25) is 0 Å². The highest BCUT2D eigenvalue weighted by molar-refractivity contribution is 7.83. The minimum atomic E-state index is -4.23. The molecule has 146 valence electrons. The minimum absolute atomic E-state index is 0.0207. The summed E-state index contributed by atoms with van der Waals surface area (Å²) in [7, 11) is -4.23. The first kappa shape index (κ1) is 19.8. The van der Waals surface area contributed by atoms with Crippen molar-refractivity contribution < 1.29 is 17.8 Å². The lowest BCUT2D eigenvalue weighted by Gasteiger charge is -2.43. The summed E-state index contributed by atoms with van der Waals surface area (Å²) in [5.74, 6) is 0.0667. The molecule has 2 fully saturated rings. The zero-order valence-corrected chi connectivity index (χ0v) is 16.2. The third kappa shape index (κ3) is 3.84. The number of rotatable bonds is 4. The number of amides is 1. The van der Waals surface area contributed by atoms with Gasteiger partial charge in [0.25, 0.3) is 0 Å². The average Bonchev–Trinajstić information content (AvgIpc) is 2.88. The molecule has 0 aromatic heterocycles. The normalized spacial score (nSPS) is 23.1. The molecule has 1 unspecified atom stereocenters. The van der Waals surface area contributed by atoms with Gasteiger partial charge in [-0.15, -0.1) is 0 Å². The Labute approximate surface area is 159 Å². The van der Waals surface area contributed by atoms with Crippen LogP contribution in [-0.4, -0.2) is 52.9 Å². The minimum Gasteiger partial charge on any atom is -0.319 e. The molecule has 1 aromatic rings. The quantitative estimate of drug-likeness (QED) is 0.742. The summed E-state index contributed by atoms with van der Waals surface area (Å²) in [6.45, 7) is 4.56. The molecular weight excluding hydrogens is 368 g/mol. The highest BCUT2D eigenvalue weighted by atomic mass is 32.2. The van der Waals surface area contributed by atoms with Crippen LogP contribution in [0.25, 0.3) is 0 Å². The van der Waals surface area contributed by atoms with E-state index in [1.807, 2.05) is 19.9 Å². The van der Waals surface area contributed by atoms with Crippen LogP contribution >= 0.6 is 0 Å². The number of carbonyl (C=O) groups is 1. The van der Waals surface area contributed by atoms with Crippen molar-refractivity contribution in [3.8, 4) is 6.07 Å². The molecular formula is C18H24N4O4S. The van der Waals surface area contributed by atoms with Gasteiger partial charge < -0.3 is 4.90 Å². The molecule has 2 saturated heterocycles. The van der Waals surface area contributed by atoms with E-state index in [1.54, 1.807) is 23.1 Å². The van der Waals surface area contributed by atoms with Crippen LogP contribution in [-0.2, 0) is 21.6 Å². The molecule has 27 heavy (non-hydrogen) atoms. The molecule has 1 aromatic carbocycles. The molecule has 0 saturated carbocycles. The van der Waals surface area contributed by atoms with Crippen LogP contribution in [0.3, 0.4) is 0 Å². The molecule has 0 radical (unpaired) electrons. The van der Waals surface area contributed by atoms with Crippen LogP contribution in [0, 0.1) is 17.2 Å². The zero-order chi connectivity index (χ0) is 19.8. The Morgan fingerprint density at radius 3 is 2.59 bits per heavy atom. The number of benzene rings is 1. The number of carbonyl (C=O) groups excluding carboxylic acids is 1. The zero-order valence-electron chi connectivity index (χ0n) is 15.4. The molecule has 2 heterocycles. The Hall–Kier alpha value is -1.99. The topological polar surface area (TPSA) is 114 Å². The second-order valence-corrected chi connectivity index (χ2v) is 8.92. The van der Waals surface area contributed by atoms with E-state index in [9.17, 15) is 17.8 Å². The molecule has 1 spiro atoms. The van der Waals surface area contributed by atoms with Gasteiger partial charge in [-0.25, -0.2) is 0 Å². The van der Waals surface area contributed by atoms with Gasteiger partial charge in [0.15, 0.2) is 0 Å². The molecule has 0 bridgehead atoms. The Kier molecular flexibility index (Phi) is 5.27. The van der Waals surface area contributed by atoms with Crippen LogP contribution in [0.5, 0.6) is 0 Å². The SMILES string of the molecule is CC(C)C1NC2(CCN(S(=O)(=O)O)CC2)N(Cc2cccc(C#N)c2)C1=O. The van der Waals surface area contributed by atoms with E-state index >= 15 is 0 Å². The van der Waals surface area contributed by atoms with Crippen LogP contribution in [0.4, 0.5) is 0 Å². The van der Waals surface area contributed by atoms with Crippen LogP contribution in [0.15, 0.2) is 24.3 Å². The first-order valence-electron chi connectivity index (χ1n) is 8.97. The Morgan fingerprint density at radius 1 is 1.37 bits per heavy atom. The summed E-state index contributed by atoms with van der Waals surface area (Å²) in [5.41, 5.74) is 0.725. The van der Waals surface area contributed by atoms with Crippen LogP contribution in [0.1, 0.15) is 37.8 Å². The maximum absolute atomic E-state index is 13.1. The number of hydrogen-bond donors (Lipinski definition) is 2. The van der Waals surface area contributed by atoms with E-state index < -0.39 is 16.0 Å². The third-order valence-corrected chi connectivity index (χ3v) is 6.43. The van der Waals surface area contributed by atoms with Gasteiger partial charge in [0.2, 0.25) is 5.91 Å². The fourth-order valence-electron chi connectivity index (χ4n) is 3.91. The van der Waals surface area contributed by atoms with Crippen molar-refractivity contribution in [2.24, 2.45) is 5.92 Å². The maximum atomic E-state index is 13.1. The molecule has 1 atom stereocenters. The molecule has 9 heteroatoms. The van der Waals surface area contributed by atoms with Crippen molar-refractivity contribution >= 4 is 16.2 Å². The molecule has 2 aliphatic heterocycles. The number of nitrogens with one attached hydrogen (secondary N) is 1. The fourth-order valence-corrected chi connectivity index (χ4v) is 4.56. The number of nitrogens with zero attached hydrogens (tertiary/aromatic N) is 3. The average molecular weight is 392 g/mol. The monoisotopic (exact) mass is 392 g/mol. The molecule has 1 amide bonds. The van der Waals surface area contributed by atoms with Crippen molar-refractivity contribution in [2.75, 3.05) is 13.1 Å². The van der Waals surface area contributed by atoms with E-state index in [1.165, 1.54) is 0 Å². The van der Waals surface area contributed by atoms with Crippen molar-refractivity contribution in [3.63, 3.8) is 0 Å². The predicted molar refractivity (Wildman–Crippen MR) is 98.6 cm³/mol. The highest BCUT2D eigenvalue weighted by Crippen LogP contribution is 2.36. The number of hydrogen-bond acceptors (Lipinski definition) is 5. The van der Waals surface area contributed by atoms with Crippen molar-refractivity contribution in [2.45, 2.75) is 44.9 Å². The van der Waals surface area contributed by atoms with Crippen LogP contribution < -0.4 is 5.32 Å². The Morgan fingerprint density at radius 2 is 2.04 bits per heavy atom. The summed E-state index contributed by atoms with van der Waals surface area (Å²) >= 11 is 0. The van der Waals surface area contributed by atoms with E-state index in [0.29, 0.717) is 24.9 Å². The Bertz CT molecular complexity index is 870. The second kappa shape index (κ2) is 7.20. The Balaban J connectivity index is 1.88. The van der Waals surface area contributed by atoms with Gasteiger partial charge >= 0.3 is 10.3 Å². The van der Waals surface area contributed by atoms with E-state index in [2.05, 4.69) is 11.4 Å². The lowest BCUT2D eigenvalue weighted by molar-refractivity contribution is -0.134. The van der Waals surface area contributed by atoms with E-state index in [4.69, 9.17) is 5.26 Å². The highest BCUT2D eigenvalue weighted by Gasteiger charge is 2.52. The van der Waals surface area contributed by atoms with Crippen molar-refractivity contribution in [3.05, 3.63) is 35.4 Å².